The van der Waals surface area contributed by atoms with Gasteiger partial charge in [-0.15, -0.1) is 0 Å². The third-order valence-corrected chi connectivity index (χ3v) is 2.85. The van der Waals surface area contributed by atoms with Gasteiger partial charge in [0.2, 0.25) is 0 Å². The first-order chi connectivity index (χ1) is 7.70. The van der Waals surface area contributed by atoms with Crippen molar-refractivity contribution in [3.63, 3.8) is 0 Å². The van der Waals surface area contributed by atoms with Crippen LogP contribution in [0.15, 0.2) is 4.99 Å². The van der Waals surface area contributed by atoms with Gasteiger partial charge in [0.05, 0.1) is 5.54 Å². The monoisotopic (exact) mass is 271 g/mol. The van der Waals surface area contributed by atoms with Crippen LogP contribution < -0.4 is 10.6 Å². The molecule has 0 aromatic heterocycles. The van der Waals surface area contributed by atoms with Gasteiger partial charge in [-0.3, -0.25) is 4.99 Å². The fraction of sp³-hybridized carbons (Fsp3) is 0.929. The molecule has 1 unspecified atom stereocenters. The van der Waals surface area contributed by atoms with E-state index in [1.54, 1.807) is 0 Å². The van der Waals surface area contributed by atoms with E-state index in [1.807, 2.05) is 0 Å². The largest absolute Gasteiger partial charge is 0.368 e. The highest BCUT2D eigenvalue weighted by Gasteiger charge is 2.23. The maximum atomic E-state index is 4.86. The Morgan fingerprint density at radius 1 is 0.889 bits per heavy atom. The average molecular weight is 272 g/mol. The molecule has 4 heteroatoms. The first kappa shape index (κ1) is 17.6. The van der Waals surface area contributed by atoms with E-state index < -0.39 is 0 Å². The number of aliphatic imine (C=N–C) groups is 1. The molecule has 18 heavy (non-hydrogen) atoms. The van der Waals surface area contributed by atoms with E-state index in [9.17, 15) is 0 Å². The van der Waals surface area contributed by atoms with E-state index in [1.165, 1.54) is 0 Å². The first-order valence-electron chi connectivity index (χ1n) is 6.85. The summed E-state index contributed by atoms with van der Waals surface area (Å²) < 4.78 is 0. The maximum absolute atomic E-state index is 4.86. The lowest BCUT2D eigenvalue weighted by Crippen LogP contribution is -2.56. The van der Waals surface area contributed by atoms with Crippen LogP contribution in [0.25, 0.3) is 0 Å². The summed E-state index contributed by atoms with van der Waals surface area (Å²) in [5.41, 5.74) is 0.468. The van der Waals surface area contributed by atoms with Crippen LogP contribution in [0.1, 0.15) is 62.3 Å². The molecule has 0 saturated heterocycles. The van der Waals surface area contributed by atoms with Crippen molar-refractivity contribution in [1.29, 1.82) is 0 Å². The highest BCUT2D eigenvalue weighted by Crippen LogP contribution is 2.10. The average Bonchev–Trinajstić information content (AvgIpc) is 1.93. The van der Waals surface area contributed by atoms with E-state index in [0.717, 1.165) is 16.1 Å². The molecule has 0 radical (unpaired) electrons. The zero-order valence-electron chi connectivity index (χ0n) is 14.0. The molecule has 0 amide bonds. The summed E-state index contributed by atoms with van der Waals surface area (Å²) >= 11 is 0. The fourth-order valence-electron chi connectivity index (χ4n) is 1.70. The van der Waals surface area contributed by atoms with Crippen LogP contribution in [0, 0.1) is 0 Å². The Labute approximate surface area is 117 Å². The minimum Gasteiger partial charge on any atom is -0.368 e. The van der Waals surface area contributed by atoms with Crippen molar-refractivity contribution in [3.05, 3.63) is 0 Å². The summed E-state index contributed by atoms with van der Waals surface area (Å²) in [5, 5.41) is 7.19. The lowest BCUT2D eigenvalue weighted by Gasteiger charge is -2.33. The van der Waals surface area contributed by atoms with Crippen LogP contribution in [-0.4, -0.2) is 38.4 Å². The fourth-order valence-corrected chi connectivity index (χ4v) is 2.84. The predicted molar refractivity (Wildman–Crippen MR) is 86.7 cm³/mol. The maximum Gasteiger partial charge on any atom is 0.110 e. The summed E-state index contributed by atoms with van der Waals surface area (Å²) in [7, 11) is 1.04. The van der Waals surface area contributed by atoms with Crippen LogP contribution in [0.4, 0.5) is 0 Å². The van der Waals surface area contributed by atoms with Gasteiger partial charge in [0, 0.05) is 27.0 Å². The van der Waals surface area contributed by atoms with Crippen LogP contribution >= 0.6 is 0 Å². The molecule has 0 rings (SSSR count). The Hall–Kier alpha value is -0.353. The highest BCUT2D eigenvalue weighted by molar-refractivity contribution is 6.25. The molecular weight excluding hydrogens is 238 g/mol. The Kier molecular flexibility index (Phi) is 5.63. The van der Waals surface area contributed by atoms with E-state index in [-0.39, 0.29) is 16.6 Å². The van der Waals surface area contributed by atoms with Crippen molar-refractivity contribution in [3.8, 4) is 0 Å². The quantitative estimate of drug-likeness (QED) is 0.455. The summed E-state index contributed by atoms with van der Waals surface area (Å²) in [6, 6.07) is 0. The number of amidine groups is 1. The summed E-state index contributed by atoms with van der Waals surface area (Å²) in [5.74, 6) is 1.09. The van der Waals surface area contributed by atoms with Gasteiger partial charge in [-0.05, 0) is 62.3 Å². The minimum atomic E-state index is -0.0458. The zero-order chi connectivity index (χ0) is 14.8. The normalized spacial score (nSPS) is 16.8. The zero-order valence-corrected chi connectivity index (χ0v) is 16.0. The lowest BCUT2D eigenvalue weighted by atomic mass is 10.1. The van der Waals surface area contributed by atoms with Gasteiger partial charge < -0.3 is 10.6 Å². The Bertz CT molecular complexity index is 290. The van der Waals surface area contributed by atoms with Gasteiger partial charge in [-0.25, -0.2) is 0 Å². The van der Waals surface area contributed by atoms with Crippen molar-refractivity contribution in [2.24, 2.45) is 4.99 Å². The molecule has 1 atom stereocenters. The van der Waals surface area contributed by atoms with E-state index in [4.69, 9.17) is 4.99 Å². The molecule has 0 heterocycles. The minimum absolute atomic E-state index is 0.0458. The molecule has 0 aromatic carbocycles. The van der Waals surface area contributed by atoms with Gasteiger partial charge in [0.15, 0.2) is 0 Å². The number of nitrogens with zero attached hydrogens (tertiary/aromatic N) is 1. The van der Waals surface area contributed by atoms with Gasteiger partial charge >= 0.3 is 0 Å². The second-order valence-corrected chi connectivity index (χ2v) is 9.31. The molecule has 0 aromatic rings. The van der Waals surface area contributed by atoms with Crippen molar-refractivity contribution in [2.45, 2.75) is 84.6 Å². The molecule has 0 fully saturated rings. The van der Waals surface area contributed by atoms with Crippen molar-refractivity contribution < 1.29 is 0 Å². The van der Waals surface area contributed by atoms with E-state index in [0.29, 0.717) is 5.67 Å². The standard InChI is InChI=1S/C14H33N3Si/c1-12(2,3)15-10(16-13(4,5)6)11(18)17-14(7,8)9/h11,17H,1-9,18H3,(H,15,16). The molecule has 0 aliphatic carbocycles. The van der Waals surface area contributed by atoms with Crippen LogP contribution in [0.2, 0.25) is 0 Å². The summed E-state index contributed by atoms with van der Waals surface area (Å²) in [4.78, 5) is 4.86. The third-order valence-electron chi connectivity index (χ3n) is 2.02. The number of hydrogen-bond acceptors (Lipinski definition) is 2. The second kappa shape index (κ2) is 5.74. The molecule has 0 spiro atoms. The van der Waals surface area contributed by atoms with Crippen LogP contribution in [-0.2, 0) is 0 Å². The molecule has 108 valence electrons. The van der Waals surface area contributed by atoms with Gasteiger partial charge in [-0.1, -0.05) is 0 Å². The molecule has 0 saturated carbocycles. The van der Waals surface area contributed by atoms with Crippen molar-refractivity contribution in [2.75, 3.05) is 0 Å². The molecule has 0 bridgehead atoms. The molecule has 3 nitrogen and oxygen atoms in total. The molecule has 0 aliphatic rings. The summed E-state index contributed by atoms with van der Waals surface area (Å²) in [6.45, 7) is 19.6. The van der Waals surface area contributed by atoms with E-state index in [2.05, 4.69) is 72.9 Å². The molecule has 0 aliphatic heterocycles. The highest BCUT2D eigenvalue weighted by atomic mass is 28.1. The number of hydrogen-bond donors (Lipinski definition) is 2. The third kappa shape index (κ3) is 9.65. The molecular formula is C14H33N3Si. The smallest absolute Gasteiger partial charge is 0.110 e. The van der Waals surface area contributed by atoms with Crippen molar-refractivity contribution >= 4 is 16.1 Å². The SMILES string of the molecule is CC(C)(C)N=C(NC(C)(C)C)C([SiH3])NC(C)(C)C. The van der Waals surface area contributed by atoms with Crippen LogP contribution in [0.3, 0.4) is 0 Å². The van der Waals surface area contributed by atoms with Gasteiger partial charge in [0.1, 0.15) is 5.84 Å². The van der Waals surface area contributed by atoms with Crippen molar-refractivity contribution in [1.82, 2.24) is 10.6 Å². The second-order valence-electron chi connectivity index (χ2n) is 8.16. The topological polar surface area (TPSA) is 36.4 Å². The molecule has 2 N–H and O–H groups in total. The Balaban J connectivity index is 5.05. The Morgan fingerprint density at radius 2 is 1.33 bits per heavy atom. The van der Waals surface area contributed by atoms with Gasteiger partial charge in [0.25, 0.3) is 0 Å². The van der Waals surface area contributed by atoms with Crippen LogP contribution in [0.5, 0.6) is 0 Å². The first-order valence-corrected chi connectivity index (χ1v) is 8.01. The Morgan fingerprint density at radius 3 is 1.61 bits per heavy atom. The predicted octanol–water partition coefficient (Wildman–Crippen LogP) is 1.65. The summed E-state index contributed by atoms with van der Waals surface area (Å²) in [6.07, 6.45) is 0. The van der Waals surface area contributed by atoms with Gasteiger partial charge in [-0.2, -0.15) is 0 Å². The van der Waals surface area contributed by atoms with E-state index >= 15 is 0 Å². The number of rotatable bonds is 2. The lowest BCUT2D eigenvalue weighted by molar-refractivity contribution is 0.425. The number of nitrogens with one attached hydrogen (secondary N) is 2.